The van der Waals surface area contributed by atoms with Gasteiger partial charge in [0.05, 0.1) is 19.8 Å². The molecule has 0 spiro atoms. The number of carboxylic acid groups (broad SMARTS) is 1. The Morgan fingerprint density at radius 2 is 1.95 bits per heavy atom. The summed E-state index contributed by atoms with van der Waals surface area (Å²) >= 11 is 0. The zero-order valence-corrected chi connectivity index (χ0v) is 20.7. The number of anilines is 3. The third-order valence-electron chi connectivity index (χ3n) is 6.08. The number of nitrogen functional groups attached to an aromatic ring is 2. The molecule has 0 unspecified atom stereocenters. The van der Waals surface area contributed by atoms with Crippen molar-refractivity contribution in [2.45, 2.75) is 25.3 Å². The summed E-state index contributed by atoms with van der Waals surface area (Å²) in [6.07, 6.45) is 2.33. The molecule has 0 radical (unpaired) electrons. The van der Waals surface area contributed by atoms with Gasteiger partial charge in [0.15, 0.2) is 11.5 Å². The largest absolute Gasteiger partial charge is 0.493 e. The molecule has 10 nitrogen and oxygen atoms in total. The third kappa shape index (κ3) is 6.02. The molecular weight excluding hydrogens is 474 g/mol. The number of hydrogen-bond acceptors (Lipinski definition) is 8. The van der Waals surface area contributed by atoms with E-state index in [2.05, 4.69) is 21.8 Å². The zero-order valence-electron chi connectivity index (χ0n) is 20.7. The highest BCUT2D eigenvalue weighted by molar-refractivity contribution is 5.87. The quantitative estimate of drug-likeness (QED) is 0.431. The van der Waals surface area contributed by atoms with E-state index in [1.54, 1.807) is 38.6 Å². The summed E-state index contributed by atoms with van der Waals surface area (Å²) in [6, 6.07) is 10.8. The van der Waals surface area contributed by atoms with E-state index < -0.39 is 6.09 Å². The van der Waals surface area contributed by atoms with E-state index in [0.717, 1.165) is 11.1 Å². The lowest BCUT2D eigenvalue weighted by atomic mass is 10.0. The molecule has 0 saturated carbocycles. The maximum absolute atomic E-state index is 12.1. The van der Waals surface area contributed by atoms with Crippen LogP contribution in [0.5, 0.6) is 11.5 Å². The van der Waals surface area contributed by atoms with Gasteiger partial charge < -0.3 is 30.8 Å². The number of ether oxygens (including phenoxy) is 3. The molecule has 1 saturated heterocycles. The van der Waals surface area contributed by atoms with Gasteiger partial charge in [-0.2, -0.15) is 4.98 Å². The summed E-state index contributed by atoms with van der Waals surface area (Å²) in [5, 5.41) is 9.88. The van der Waals surface area contributed by atoms with Gasteiger partial charge in [0.1, 0.15) is 5.82 Å². The third-order valence-corrected chi connectivity index (χ3v) is 6.08. The summed E-state index contributed by atoms with van der Waals surface area (Å²) < 4.78 is 16.5. The second-order valence-corrected chi connectivity index (χ2v) is 8.49. The van der Waals surface area contributed by atoms with Crippen molar-refractivity contribution < 1.29 is 24.1 Å². The van der Waals surface area contributed by atoms with Gasteiger partial charge in [0, 0.05) is 48.7 Å². The Bertz CT molecular complexity index is 1340. The average Bonchev–Trinajstić information content (AvgIpc) is 2.89. The van der Waals surface area contributed by atoms with Gasteiger partial charge in [-0.15, -0.1) is 0 Å². The standard InChI is InChI=1S/C27H29N5O5/c1-35-23-15-18(13-20-16-30-26(29)31-25(20)28)12-19(24(23)36-2)7-6-17-4-3-5-22(14-17)32(27(33)34)21-8-10-37-11-9-21/h3-5,12,14-16,21H,8-11,13H2,1-2H3,(H,33,34)(H4,28,29,30,31). The van der Waals surface area contributed by atoms with Crippen LogP contribution in [0.15, 0.2) is 42.6 Å². The molecule has 1 aromatic heterocycles. The Morgan fingerprint density at radius 1 is 1.16 bits per heavy atom. The molecule has 5 N–H and O–H groups in total. The van der Waals surface area contributed by atoms with Gasteiger partial charge >= 0.3 is 6.09 Å². The predicted molar refractivity (Wildman–Crippen MR) is 140 cm³/mol. The number of rotatable bonds is 6. The minimum atomic E-state index is -0.998. The first kappa shape index (κ1) is 25.6. The molecule has 1 aliphatic rings. The molecule has 1 fully saturated rings. The summed E-state index contributed by atoms with van der Waals surface area (Å²) in [6.45, 7) is 1.08. The fourth-order valence-electron chi connectivity index (χ4n) is 4.30. The normalized spacial score (nSPS) is 13.4. The monoisotopic (exact) mass is 503 g/mol. The molecule has 10 heteroatoms. The molecule has 0 aliphatic carbocycles. The van der Waals surface area contributed by atoms with Crippen LogP contribution >= 0.6 is 0 Å². The molecule has 0 atom stereocenters. The van der Waals surface area contributed by atoms with E-state index >= 15 is 0 Å². The molecular formula is C27H29N5O5. The highest BCUT2D eigenvalue weighted by Crippen LogP contribution is 2.33. The summed E-state index contributed by atoms with van der Waals surface area (Å²) in [4.78, 5) is 21.5. The molecule has 1 aliphatic heterocycles. The van der Waals surface area contributed by atoms with Gasteiger partial charge in [-0.1, -0.05) is 17.9 Å². The van der Waals surface area contributed by atoms with Crippen LogP contribution in [0.4, 0.5) is 22.2 Å². The number of methoxy groups -OCH3 is 2. The summed E-state index contributed by atoms with van der Waals surface area (Å²) in [5.41, 5.74) is 15.1. The molecule has 0 bridgehead atoms. The van der Waals surface area contributed by atoms with Crippen LogP contribution in [-0.4, -0.2) is 54.6 Å². The first-order valence-corrected chi connectivity index (χ1v) is 11.7. The maximum atomic E-state index is 12.1. The smallest absolute Gasteiger partial charge is 0.412 e. The lowest BCUT2D eigenvalue weighted by Crippen LogP contribution is -2.43. The Morgan fingerprint density at radius 3 is 2.62 bits per heavy atom. The number of amides is 1. The number of nitrogens with zero attached hydrogens (tertiary/aromatic N) is 3. The molecule has 2 aromatic carbocycles. The highest BCUT2D eigenvalue weighted by Gasteiger charge is 2.27. The van der Waals surface area contributed by atoms with Gasteiger partial charge in [0.2, 0.25) is 5.95 Å². The fourth-order valence-corrected chi connectivity index (χ4v) is 4.30. The van der Waals surface area contributed by atoms with Crippen LogP contribution in [0, 0.1) is 11.8 Å². The lowest BCUT2D eigenvalue weighted by Gasteiger charge is -2.32. The van der Waals surface area contributed by atoms with Crippen molar-refractivity contribution in [3.63, 3.8) is 0 Å². The van der Waals surface area contributed by atoms with Crippen LogP contribution in [0.1, 0.15) is 35.1 Å². The van der Waals surface area contributed by atoms with E-state index in [1.165, 1.54) is 4.90 Å². The van der Waals surface area contributed by atoms with Gasteiger partial charge in [0.25, 0.3) is 0 Å². The number of benzene rings is 2. The minimum absolute atomic E-state index is 0.112. The Kier molecular flexibility index (Phi) is 7.95. The predicted octanol–water partition coefficient (Wildman–Crippen LogP) is 3.31. The van der Waals surface area contributed by atoms with Crippen molar-refractivity contribution in [3.8, 4) is 23.3 Å². The highest BCUT2D eigenvalue weighted by atomic mass is 16.5. The number of aromatic nitrogens is 2. The number of hydrogen-bond donors (Lipinski definition) is 3. The second kappa shape index (κ2) is 11.5. The fraction of sp³-hybridized carbons (Fsp3) is 0.296. The summed E-state index contributed by atoms with van der Waals surface area (Å²) in [5.74, 6) is 7.72. The van der Waals surface area contributed by atoms with Gasteiger partial charge in [-0.3, -0.25) is 4.90 Å². The Labute approximate surface area is 215 Å². The van der Waals surface area contributed by atoms with E-state index in [-0.39, 0.29) is 12.0 Å². The Hall–Kier alpha value is -4.49. The topological polar surface area (TPSA) is 146 Å². The number of carbonyl (C=O) groups is 1. The molecule has 4 rings (SSSR count). The van der Waals surface area contributed by atoms with Crippen LogP contribution in [0.3, 0.4) is 0 Å². The van der Waals surface area contributed by atoms with E-state index in [0.29, 0.717) is 66.6 Å². The molecule has 2 heterocycles. The van der Waals surface area contributed by atoms with Gasteiger partial charge in [-0.05, 0) is 48.7 Å². The minimum Gasteiger partial charge on any atom is -0.493 e. The first-order chi connectivity index (χ1) is 17.9. The Balaban J connectivity index is 1.67. The molecule has 192 valence electrons. The van der Waals surface area contributed by atoms with E-state index in [9.17, 15) is 9.90 Å². The van der Waals surface area contributed by atoms with E-state index in [4.69, 9.17) is 25.7 Å². The van der Waals surface area contributed by atoms with Crippen LogP contribution < -0.4 is 25.8 Å². The van der Waals surface area contributed by atoms with Gasteiger partial charge in [-0.25, -0.2) is 9.78 Å². The van der Waals surface area contributed by atoms with Crippen molar-refractivity contribution >= 4 is 23.5 Å². The van der Waals surface area contributed by atoms with Crippen molar-refractivity contribution in [1.82, 2.24) is 9.97 Å². The van der Waals surface area contributed by atoms with Crippen LogP contribution in [0.2, 0.25) is 0 Å². The van der Waals surface area contributed by atoms with Crippen molar-refractivity contribution in [2.75, 3.05) is 43.8 Å². The lowest BCUT2D eigenvalue weighted by molar-refractivity contribution is 0.0838. The van der Waals surface area contributed by atoms with Crippen molar-refractivity contribution in [1.29, 1.82) is 0 Å². The molecule has 37 heavy (non-hydrogen) atoms. The van der Waals surface area contributed by atoms with Crippen LogP contribution in [0.25, 0.3) is 0 Å². The maximum Gasteiger partial charge on any atom is 0.412 e. The zero-order chi connectivity index (χ0) is 26.4. The molecule has 1 amide bonds. The average molecular weight is 504 g/mol. The van der Waals surface area contributed by atoms with E-state index in [1.807, 2.05) is 18.2 Å². The van der Waals surface area contributed by atoms with Crippen LogP contribution in [-0.2, 0) is 11.2 Å². The molecule has 3 aromatic rings. The number of nitrogens with two attached hydrogens (primary N) is 2. The van der Waals surface area contributed by atoms with Crippen molar-refractivity contribution in [2.24, 2.45) is 0 Å². The van der Waals surface area contributed by atoms with Crippen molar-refractivity contribution in [3.05, 3.63) is 64.8 Å². The second-order valence-electron chi connectivity index (χ2n) is 8.49. The summed E-state index contributed by atoms with van der Waals surface area (Å²) in [7, 11) is 3.10. The SMILES string of the molecule is COc1cc(Cc2cnc(N)nc2N)cc(C#Cc2cccc(N(C(=O)O)C3CCOCC3)c2)c1OC. The first-order valence-electron chi connectivity index (χ1n) is 11.7.